The molecule has 0 radical (unpaired) electrons. The fourth-order valence-electron chi connectivity index (χ4n) is 4.34. The standard InChI is InChI=1S/C27H24N2O4/c1-2-33-21-11-9-20(10-12-21)29-25(31)22-13-8-18(16-23(22)26(29)32)24(30)28-17-27(14-15-27)19-6-4-3-5-7-19/h3-13,16H,2,14-15,17H2,1H3,(H,28,30). The third-order valence-corrected chi connectivity index (χ3v) is 6.38. The van der Waals surface area contributed by atoms with Gasteiger partial charge >= 0.3 is 0 Å². The van der Waals surface area contributed by atoms with E-state index in [1.165, 1.54) is 11.6 Å². The highest BCUT2D eigenvalue weighted by Crippen LogP contribution is 2.47. The molecule has 1 N–H and O–H groups in total. The van der Waals surface area contributed by atoms with Gasteiger partial charge in [-0.25, -0.2) is 4.90 Å². The molecule has 0 spiro atoms. The first-order valence-corrected chi connectivity index (χ1v) is 11.1. The van der Waals surface area contributed by atoms with Gasteiger partial charge < -0.3 is 10.1 Å². The monoisotopic (exact) mass is 440 g/mol. The topological polar surface area (TPSA) is 75.7 Å². The molecule has 1 fully saturated rings. The van der Waals surface area contributed by atoms with E-state index in [1.54, 1.807) is 36.4 Å². The molecule has 0 unspecified atom stereocenters. The Kier molecular flexibility index (Phi) is 5.21. The lowest BCUT2D eigenvalue weighted by Crippen LogP contribution is -2.32. The van der Waals surface area contributed by atoms with Crippen LogP contribution < -0.4 is 15.0 Å². The van der Waals surface area contributed by atoms with Crippen molar-refractivity contribution in [2.75, 3.05) is 18.1 Å². The highest BCUT2D eigenvalue weighted by molar-refractivity contribution is 6.34. The molecule has 0 atom stereocenters. The van der Waals surface area contributed by atoms with E-state index in [4.69, 9.17) is 4.74 Å². The van der Waals surface area contributed by atoms with E-state index < -0.39 is 11.8 Å². The van der Waals surface area contributed by atoms with E-state index in [2.05, 4.69) is 17.4 Å². The number of carbonyl (C=O) groups excluding carboxylic acids is 3. The van der Waals surface area contributed by atoms with Crippen molar-refractivity contribution in [2.24, 2.45) is 0 Å². The summed E-state index contributed by atoms with van der Waals surface area (Å²) in [5.41, 5.74) is 2.59. The fourth-order valence-corrected chi connectivity index (χ4v) is 4.34. The molecule has 6 heteroatoms. The maximum atomic E-state index is 13.0. The van der Waals surface area contributed by atoms with Crippen molar-refractivity contribution >= 4 is 23.4 Å². The van der Waals surface area contributed by atoms with Gasteiger partial charge in [0, 0.05) is 17.5 Å². The molecule has 33 heavy (non-hydrogen) atoms. The Labute approximate surface area is 192 Å². The lowest BCUT2D eigenvalue weighted by atomic mass is 9.96. The summed E-state index contributed by atoms with van der Waals surface area (Å²) in [6, 6.07) is 21.7. The number of nitrogens with zero attached hydrogens (tertiary/aromatic N) is 1. The van der Waals surface area contributed by atoms with Crippen molar-refractivity contribution in [1.82, 2.24) is 5.32 Å². The average molecular weight is 440 g/mol. The normalized spacial score (nSPS) is 15.8. The van der Waals surface area contributed by atoms with E-state index in [1.807, 2.05) is 25.1 Å². The Hall–Kier alpha value is -3.93. The Morgan fingerprint density at radius 1 is 0.939 bits per heavy atom. The number of nitrogens with one attached hydrogen (secondary N) is 1. The number of rotatable bonds is 7. The molecule has 166 valence electrons. The molecule has 3 aromatic rings. The number of anilines is 1. The van der Waals surface area contributed by atoms with E-state index in [0.29, 0.717) is 35.7 Å². The average Bonchev–Trinajstić information content (AvgIpc) is 3.60. The van der Waals surface area contributed by atoms with Gasteiger partial charge in [0.05, 0.1) is 23.4 Å². The van der Waals surface area contributed by atoms with E-state index in [9.17, 15) is 14.4 Å². The van der Waals surface area contributed by atoms with Crippen LogP contribution in [0.1, 0.15) is 56.4 Å². The van der Waals surface area contributed by atoms with Crippen LogP contribution in [0.25, 0.3) is 0 Å². The molecule has 0 bridgehead atoms. The first-order chi connectivity index (χ1) is 16.0. The Morgan fingerprint density at radius 2 is 1.64 bits per heavy atom. The number of hydrogen-bond donors (Lipinski definition) is 1. The maximum absolute atomic E-state index is 13.0. The number of hydrogen-bond acceptors (Lipinski definition) is 4. The van der Waals surface area contributed by atoms with Crippen molar-refractivity contribution in [1.29, 1.82) is 0 Å². The second kappa shape index (κ2) is 8.20. The van der Waals surface area contributed by atoms with Crippen LogP contribution >= 0.6 is 0 Å². The van der Waals surface area contributed by atoms with Crippen molar-refractivity contribution < 1.29 is 19.1 Å². The molecule has 2 aliphatic rings. The van der Waals surface area contributed by atoms with Gasteiger partial charge in [-0.05, 0) is 67.8 Å². The smallest absolute Gasteiger partial charge is 0.266 e. The molecule has 5 rings (SSSR count). The Balaban J connectivity index is 1.32. The summed E-state index contributed by atoms with van der Waals surface area (Å²) in [7, 11) is 0. The second-order valence-electron chi connectivity index (χ2n) is 8.46. The highest BCUT2D eigenvalue weighted by atomic mass is 16.5. The van der Waals surface area contributed by atoms with Crippen LogP contribution in [-0.2, 0) is 5.41 Å². The molecule has 0 saturated heterocycles. The highest BCUT2D eigenvalue weighted by Gasteiger charge is 2.44. The zero-order valence-electron chi connectivity index (χ0n) is 18.3. The summed E-state index contributed by atoms with van der Waals surface area (Å²) in [4.78, 5) is 39.9. The Morgan fingerprint density at radius 3 is 2.30 bits per heavy atom. The molecule has 3 aromatic carbocycles. The fraction of sp³-hybridized carbons (Fsp3) is 0.222. The van der Waals surface area contributed by atoms with Crippen LogP contribution in [0, 0.1) is 0 Å². The third-order valence-electron chi connectivity index (χ3n) is 6.38. The van der Waals surface area contributed by atoms with Gasteiger partial charge in [-0.3, -0.25) is 14.4 Å². The number of imide groups is 1. The third kappa shape index (κ3) is 3.78. The first-order valence-electron chi connectivity index (χ1n) is 11.1. The zero-order chi connectivity index (χ0) is 23.0. The van der Waals surface area contributed by atoms with Gasteiger partial charge in [-0.2, -0.15) is 0 Å². The van der Waals surface area contributed by atoms with Gasteiger partial charge in [-0.15, -0.1) is 0 Å². The summed E-state index contributed by atoms with van der Waals surface area (Å²) < 4.78 is 5.43. The van der Waals surface area contributed by atoms with Crippen LogP contribution in [0.15, 0.2) is 72.8 Å². The molecule has 1 aliphatic carbocycles. The van der Waals surface area contributed by atoms with E-state index >= 15 is 0 Å². The van der Waals surface area contributed by atoms with Gasteiger partial charge in [0.2, 0.25) is 0 Å². The van der Waals surface area contributed by atoms with Crippen LogP contribution in [-0.4, -0.2) is 30.9 Å². The number of benzene rings is 3. The molecular formula is C27H24N2O4. The second-order valence-corrected chi connectivity index (χ2v) is 8.46. The number of fused-ring (bicyclic) bond motifs is 1. The number of carbonyl (C=O) groups is 3. The predicted octanol–water partition coefficient (Wildman–Crippen LogP) is 4.35. The van der Waals surface area contributed by atoms with E-state index in [0.717, 1.165) is 17.7 Å². The summed E-state index contributed by atoms with van der Waals surface area (Å²) in [5, 5.41) is 3.02. The van der Waals surface area contributed by atoms with Crippen LogP contribution in [0.4, 0.5) is 5.69 Å². The van der Waals surface area contributed by atoms with Crippen LogP contribution in [0.5, 0.6) is 5.75 Å². The quantitative estimate of drug-likeness (QED) is 0.555. The minimum atomic E-state index is -0.434. The number of ether oxygens (including phenoxy) is 1. The SMILES string of the molecule is CCOc1ccc(N2C(=O)c3ccc(C(=O)NCC4(c5ccccc5)CC4)cc3C2=O)cc1. The van der Waals surface area contributed by atoms with Crippen LogP contribution in [0.3, 0.4) is 0 Å². The molecule has 1 aliphatic heterocycles. The molecule has 0 aromatic heterocycles. The number of amides is 3. The van der Waals surface area contributed by atoms with Gasteiger partial charge in [-0.1, -0.05) is 30.3 Å². The first kappa shape index (κ1) is 20.9. The van der Waals surface area contributed by atoms with Crippen molar-refractivity contribution in [3.05, 3.63) is 95.1 Å². The van der Waals surface area contributed by atoms with E-state index in [-0.39, 0.29) is 16.9 Å². The summed E-state index contributed by atoms with van der Waals surface area (Å²) in [6.45, 7) is 2.96. The molecule has 1 saturated carbocycles. The summed E-state index contributed by atoms with van der Waals surface area (Å²) >= 11 is 0. The molecule has 1 heterocycles. The lowest BCUT2D eigenvalue weighted by Gasteiger charge is -2.16. The summed E-state index contributed by atoms with van der Waals surface area (Å²) in [5.74, 6) is -0.413. The van der Waals surface area contributed by atoms with Crippen molar-refractivity contribution in [3.8, 4) is 5.75 Å². The lowest BCUT2D eigenvalue weighted by molar-refractivity contribution is 0.0923. The minimum absolute atomic E-state index is 0.0100. The zero-order valence-corrected chi connectivity index (χ0v) is 18.3. The van der Waals surface area contributed by atoms with Gasteiger partial charge in [0.15, 0.2) is 0 Å². The van der Waals surface area contributed by atoms with Crippen molar-refractivity contribution in [2.45, 2.75) is 25.2 Å². The predicted molar refractivity (Wildman–Crippen MR) is 125 cm³/mol. The Bertz CT molecular complexity index is 1230. The van der Waals surface area contributed by atoms with Crippen LogP contribution in [0.2, 0.25) is 0 Å². The van der Waals surface area contributed by atoms with Crippen molar-refractivity contribution in [3.63, 3.8) is 0 Å². The summed E-state index contributed by atoms with van der Waals surface area (Å²) in [6.07, 6.45) is 2.07. The maximum Gasteiger partial charge on any atom is 0.266 e. The van der Waals surface area contributed by atoms with Gasteiger partial charge in [0.25, 0.3) is 17.7 Å². The molecular weight excluding hydrogens is 416 g/mol. The minimum Gasteiger partial charge on any atom is -0.494 e. The molecule has 3 amide bonds. The largest absolute Gasteiger partial charge is 0.494 e. The molecule has 6 nitrogen and oxygen atoms in total. The van der Waals surface area contributed by atoms with Gasteiger partial charge in [0.1, 0.15) is 5.75 Å².